The molecule has 4 nitrogen and oxygen atoms in total. The molecule has 1 N–H and O–H groups in total. The largest absolute Gasteiger partial charge is 0.481 e. The Morgan fingerprint density at radius 3 is 2.56 bits per heavy atom. The van der Waals surface area contributed by atoms with Crippen molar-refractivity contribution in [3.63, 3.8) is 0 Å². The molecule has 0 spiro atoms. The van der Waals surface area contributed by atoms with E-state index in [0.717, 1.165) is 12.0 Å². The normalized spacial score (nSPS) is 9.75. The molecule has 1 rings (SSSR count). The van der Waals surface area contributed by atoms with E-state index in [1.807, 2.05) is 30.3 Å². The Morgan fingerprint density at radius 1 is 1.31 bits per heavy atom. The van der Waals surface area contributed by atoms with Gasteiger partial charge in [-0.15, -0.1) is 0 Å². The lowest BCUT2D eigenvalue weighted by Gasteiger charge is -2.16. The first-order valence-electron chi connectivity index (χ1n) is 5.17. The number of benzene rings is 1. The predicted octanol–water partition coefficient (Wildman–Crippen LogP) is 1.51. The highest BCUT2D eigenvalue weighted by Crippen LogP contribution is 2.03. The lowest BCUT2D eigenvalue weighted by molar-refractivity contribution is -0.137. The van der Waals surface area contributed by atoms with Gasteiger partial charge >= 0.3 is 5.97 Å². The molecule has 0 unspecified atom stereocenters. The van der Waals surface area contributed by atoms with Crippen LogP contribution in [0.15, 0.2) is 30.3 Å². The average molecular weight is 221 g/mol. The Balaban J connectivity index is 2.37. The highest BCUT2D eigenvalue weighted by Gasteiger charge is 2.04. The molecular weight excluding hydrogens is 206 g/mol. The van der Waals surface area contributed by atoms with Crippen molar-refractivity contribution in [3.8, 4) is 0 Å². The molecule has 0 bridgehead atoms. The smallest absolute Gasteiger partial charge is 0.303 e. The van der Waals surface area contributed by atoms with E-state index >= 15 is 0 Å². The van der Waals surface area contributed by atoms with Gasteiger partial charge < -0.3 is 10.0 Å². The van der Waals surface area contributed by atoms with Gasteiger partial charge in [-0.05, 0) is 12.0 Å². The van der Waals surface area contributed by atoms with Crippen LogP contribution in [0.5, 0.6) is 0 Å². The molecule has 0 aliphatic carbocycles. The summed E-state index contributed by atoms with van der Waals surface area (Å²) in [6.45, 7) is 1.01. The highest BCUT2D eigenvalue weighted by molar-refractivity contribution is 5.66. The van der Waals surface area contributed by atoms with Crippen LogP contribution in [0.4, 0.5) is 0 Å². The maximum absolute atomic E-state index is 10.8. The molecule has 0 aliphatic rings. The van der Waals surface area contributed by atoms with Gasteiger partial charge in [0, 0.05) is 19.5 Å². The lowest BCUT2D eigenvalue weighted by atomic mass is 10.2. The Kier molecular flexibility index (Phi) is 5.05. The van der Waals surface area contributed by atoms with Crippen LogP contribution in [0.1, 0.15) is 18.4 Å². The van der Waals surface area contributed by atoms with Crippen molar-refractivity contribution in [2.24, 2.45) is 0 Å². The van der Waals surface area contributed by atoms with Crippen molar-refractivity contribution in [1.82, 2.24) is 4.90 Å². The minimum atomic E-state index is -0.828. The zero-order valence-corrected chi connectivity index (χ0v) is 9.00. The number of carbonyl (C=O) groups is 2. The second-order valence-corrected chi connectivity index (χ2v) is 3.56. The number of aliphatic carboxylic acids is 1. The van der Waals surface area contributed by atoms with Crippen molar-refractivity contribution in [3.05, 3.63) is 35.9 Å². The zero-order chi connectivity index (χ0) is 11.8. The van der Waals surface area contributed by atoms with Crippen LogP contribution >= 0.6 is 0 Å². The summed E-state index contributed by atoms with van der Waals surface area (Å²) in [7, 11) is 0. The van der Waals surface area contributed by atoms with E-state index in [9.17, 15) is 9.59 Å². The number of carboxylic acid groups (broad SMARTS) is 1. The van der Waals surface area contributed by atoms with Crippen molar-refractivity contribution in [1.29, 1.82) is 0 Å². The number of carbonyl (C=O) groups excluding carboxylic acids is 1. The van der Waals surface area contributed by atoms with Gasteiger partial charge in [0.2, 0.25) is 6.41 Å². The van der Waals surface area contributed by atoms with Gasteiger partial charge in [0.05, 0.1) is 0 Å². The molecular formula is C12H15NO3. The molecule has 0 fully saturated rings. The van der Waals surface area contributed by atoms with E-state index < -0.39 is 5.97 Å². The number of rotatable bonds is 7. The standard InChI is InChI=1S/C12H15NO3/c14-10-13(8-4-7-12(15)16)9-11-5-2-1-3-6-11/h1-3,5-6,10H,4,7-9H2,(H,15,16). The summed E-state index contributed by atoms with van der Waals surface area (Å²) in [5.74, 6) is -0.828. The first-order chi connectivity index (χ1) is 7.72. The van der Waals surface area contributed by atoms with Gasteiger partial charge in [-0.25, -0.2) is 0 Å². The van der Waals surface area contributed by atoms with E-state index in [1.165, 1.54) is 0 Å². The molecule has 0 heterocycles. The summed E-state index contributed by atoms with van der Waals surface area (Å²) < 4.78 is 0. The van der Waals surface area contributed by atoms with Crippen LogP contribution in [0, 0.1) is 0 Å². The molecule has 0 saturated heterocycles. The van der Waals surface area contributed by atoms with Crippen molar-refractivity contribution in [2.45, 2.75) is 19.4 Å². The monoisotopic (exact) mass is 221 g/mol. The molecule has 16 heavy (non-hydrogen) atoms. The van der Waals surface area contributed by atoms with Gasteiger partial charge in [0.25, 0.3) is 0 Å². The van der Waals surface area contributed by atoms with Gasteiger partial charge in [0.1, 0.15) is 0 Å². The fourth-order valence-electron chi connectivity index (χ4n) is 1.42. The van der Waals surface area contributed by atoms with Crippen LogP contribution in [-0.4, -0.2) is 28.9 Å². The third-order valence-corrected chi connectivity index (χ3v) is 2.21. The fraction of sp³-hybridized carbons (Fsp3) is 0.333. The predicted molar refractivity (Wildman–Crippen MR) is 59.8 cm³/mol. The molecule has 0 saturated carbocycles. The molecule has 1 aromatic rings. The lowest BCUT2D eigenvalue weighted by Crippen LogP contribution is -2.23. The number of nitrogens with zero attached hydrogens (tertiary/aromatic N) is 1. The van der Waals surface area contributed by atoms with Crippen LogP contribution in [-0.2, 0) is 16.1 Å². The summed E-state index contributed by atoms with van der Waals surface area (Å²) in [6, 6.07) is 9.62. The van der Waals surface area contributed by atoms with Crippen molar-refractivity contribution >= 4 is 12.4 Å². The second-order valence-electron chi connectivity index (χ2n) is 3.56. The third-order valence-electron chi connectivity index (χ3n) is 2.21. The van der Waals surface area contributed by atoms with Gasteiger partial charge in [0.15, 0.2) is 0 Å². The molecule has 0 radical (unpaired) electrons. The van der Waals surface area contributed by atoms with Crippen molar-refractivity contribution < 1.29 is 14.7 Å². The zero-order valence-electron chi connectivity index (χ0n) is 9.00. The van der Waals surface area contributed by atoms with Crippen LogP contribution in [0.25, 0.3) is 0 Å². The average Bonchev–Trinajstić information content (AvgIpc) is 2.28. The minimum absolute atomic E-state index is 0.0964. The Hall–Kier alpha value is -1.84. The number of hydrogen-bond acceptors (Lipinski definition) is 2. The third kappa shape index (κ3) is 4.59. The Morgan fingerprint density at radius 2 is 2.00 bits per heavy atom. The molecule has 0 aliphatic heterocycles. The van der Waals surface area contributed by atoms with E-state index in [0.29, 0.717) is 19.5 Å². The van der Waals surface area contributed by atoms with E-state index in [2.05, 4.69) is 0 Å². The van der Waals surface area contributed by atoms with E-state index in [1.54, 1.807) is 4.90 Å². The van der Waals surface area contributed by atoms with Gasteiger partial charge in [-0.1, -0.05) is 30.3 Å². The number of carboxylic acids is 1. The molecule has 86 valence electrons. The first kappa shape index (κ1) is 12.2. The second kappa shape index (κ2) is 6.61. The van der Waals surface area contributed by atoms with E-state index in [4.69, 9.17) is 5.11 Å². The molecule has 0 atom stereocenters. The highest BCUT2D eigenvalue weighted by atomic mass is 16.4. The number of hydrogen-bond donors (Lipinski definition) is 1. The summed E-state index contributed by atoms with van der Waals surface area (Å²) in [6.07, 6.45) is 1.34. The maximum Gasteiger partial charge on any atom is 0.303 e. The van der Waals surface area contributed by atoms with Gasteiger partial charge in [-0.3, -0.25) is 9.59 Å². The number of amides is 1. The SMILES string of the molecule is O=CN(CCCC(=O)O)Cc1ccccc1. The summed E-state index contributed by atoms with van der Waals surface area (Å²) >= 11 is 0. The summed E-state index contributed by atoms with van der Waals surface area (Å²) in [5, 5.41) is 8.48. The quantitative estimate of drug-likeness (QED) is 0.710. The van der Waals surface area contributed by atoms with Crippen LogP contribution < -0.4 is 0 Å². The van der Waals surface area contributed by atoms with Crippen LogP contribution in [0.2, 0.25) is 0 Å². The molecule has 0 aromatic heterocycles. The summed E-state index contributed by atoms with van der Waals surface area (Å²) in [4.78, 5) is 22.7. The Bertz CT molecular complexity index is 337. The first-order valence-corrected chi connectivity index (χ1v) is 5.17. The van der Waals surface area contributed by atoms with Gasteiger partial charge in [-0.2, -0.15) is 0 Å². The molecule has 1 amide bonds. The summed E-state index contributed by atoms with van der Waals surface area (Å²) in [5.41, 5.74) is 1.05. The van der Waals surface area contributed by atoms with Crippen LogP contribution in [0.3, 0.4) is 0 Å². The van der Waals surface area contributed by atoms with E-state index in [-0.39, 0.29) is 6.42 Å². The fourth-order valence-corrected chi connectivity index (χ4v) is 1.42. The Labute approximate surface area is 94.5 Å². The van der Waals surface area contributed by atoms with Crippen molar-refractivity contribution in [2.75, 3.05) is 6.54 Å². The maximum atomic E-state index is 10.8. The minimum Gasteiger partial charge on any atom is -0.481 e. The topological polar surface area (TPSA) is 57.6 Å². The molecule has 4 heteroatoms. The molecule has 1 aromatic carbocycles.